The molecule has 0 aliphatic rings. The number of halogens is 2. The molecule has 50 valence electrons. The molecule has 0 N–H and O–H groups in total. The van der Waals surface area contributed by atoms with Crippen molar-refractivity contribution >= 4 is 43.7 Å². The summed E-state index contributed by atoms with van der Waals surface area (Å²) >= 11 is 0. The van der Waals surface area contributed by atoms with Gasteiger partial charge in [0.15, 0.2) is 0 Å². The molecule has 0 saturated heterocycles. The molecule has 0 spiro atoms. The zero-order valence-corrected chi connectivity index (χ0v) is 8.78. The van der Waals surface area contributed by atoms with Crippen LogP contribution in [0.2, 0.25) is 0 Å². The van der Waals surface area contributed by atoms with E-state index in [1.807, 2.05) is 0 Å². The number of rotatable bonds is 1. The Hall–Kier alpha value is 1.05. The van der Waals surface area contributed by atoms with E-state index in [0.717, 1.165) is 6.26 Å². The van der Waals surface area contributed by atoms with Crippen molar-refractivity contribution in [3.05, 3.63) is 12.8 Å². The average Bonchev–Trinajstić information content (AvgIpc) is 1.35. The molecule has 0 atom stereocenters. The third-order valence-electron chi connectivity index (χ3n) is 0.249. The molecule has 0 heterocycles. The second kappa shape index (κ2) is 16.0. The Morgan fingerprint density at radius 2 is 1.89 bits per heavy atom. The molecule has 0 saturated carbocycles. The van der Waals surface area contributed by atoms with Crippen molar-refractivity contribution < 1.29 is 34.3 Å². The summed E-state index contributed by atoms with van der Waals surface area (Å²) in [6.07, 6.45) is 1.10. The first-order valence-corrected chi connectivity index (χ1v) is 1.55. The molecule has 0 aliphatic carbocycles. The van der Waals surface area contributed by atoms with Crippen LogP contribution < -0.4 is 24.8 Å². The van der Waals surface area contributed by atoms with Gasteiger partial charge in [-0.15, -0.1) is 0 Å². The molecule has 0 aromatic rings. The maximum atomic E-state index is 9.75. The SMILES string of the molecule is C=COC(C)=O.[Ca+2].[Cl-].[Cl-]. The third kappa shape index (κ3) is 27.4. The first-order chi connectivity index (χ1) is 2.77. The second-order valence-electron chi connectivity index (χ2n) is 0.776. The van der Waals surface area contributed by atoms with Crippen LogP contribution in [0.25, 0.3) is 0 Å². The summed E-state index contributed by atoms with van der Waals surface area (Å²) in [5, 5.41) is 0. The normalized spacial score (nSPS) is 4.56. The Labute approximate surface area is 96.8 Å². The van der Waals surface area contributed by atoms with Gasteiger partial charge >= 0.3 is 43.7 Å². The van der Waals surface area contributed by atoms with Crippen molar-refractivity contribution in [3.8, 4) is 0 Å². The van der Waals surface area contributed by atoms with Gasteiger partial charge in [-0.25, -0.2) is 0 Å². The van der Waals surface area contributed by atoms with E-state index in [2.05, 4.69) is 11.3 Å². The summed E-state index contributed by atoms with van der Waals surface area (Å²) in [5.41, 5.74) is 0. The van der Waals surface area contributed by atoms with Crippen molar-refractivity contribution in [2.45, 2.75) is 6.92 Å². The monoisotopic (exact) mass is 196 g/mol. The minimum atomic E-state index is -0.329. The van der Waals surface area contributed by atoms with Gasteiger partial charge in [-0.3, -0.25) is 4.79 Å². The largest absolute Gasteiger partial charge is 2.00 e. The molecule has 9 heavy (non-hydrogen) atoms. The molecule has 0 bridgehead atoms. The molecule has 5 heteroatoms. The number of carbonyl (C=O) groups is 1. The van der Waals surface area contributed by atoms with Crippen LogP contribution in [0.3, 0.4) is 0 Å². The third-order valence-corrected chi connectivity index (χ3v) is 0.249. The first kappa shape index (κ1) is 22.5. The minimum Gasteiger partial charge on any atom is -1.00 e. The van der Waals surface area contributed by atoms with E-state index < -0.39 is 0 Å². The standard InChI is InChI=1S/C4H6O2.Ca.2ClH/c1-3-6-4(2)5;;;/h3H,1H2,2H3;;2*1H/q;+2;;/p-2. The summed E-state index contributed by atoms with van der Waals surface area (Å²) in [6, 6.07) is 0. The Morgan fingerprint density at radius 3 is 1.89 bits per heavy atom. The molecule has 0 rings (SSSR count). The molecular weight excluding hydrogens is 191 g/mol. The quantitative estimate of drug-likeness (QED) is 0.238. The smallest absolute Gasteiger partial charge is 1.00 e. The van der Waals surface area contributed by atoms with Crippen LogP contribution in [-0.2, 0) is 9.53 Å². The van der Waals surface area contributed by atoms with Crippen LogP contribution in [0.15, 0.2) is 12.8 Å². The van der Waals surface area contributed by atoms with Gasteiger partial charge in [0, 0.05) is 6.92 Å². The molecule has 0 radical (unpaired) electrons. The second-order valence-corrected chi connectivity index (χ2v) is 0.776. The van der Waals surface area contributed by atoms with Crippen molar-refractivity contribution in [1.82, 2.24) is 0 Å². The summed E-state index contributed by atoms with van der Waals surface area (Å²) in [7, 11) is 0. The van der Waals surface area contributed by atoms with Gasteiger partial charge in [0.2, 0.25) is 0 Å². The van der Waals surface area contributed by atoms with Crippen LogP contribution in [0.5, 0.6) is 0 Å². The van der Waals surface area contributed by atoms with E-state index >= 15 is 0 Å². The Bertz CT molecular complexity index is 77.0. The molecule has 0 amide bonds. The van der Waals surface area contributed by atoms with Gasteiger partial charge in [-0.1, -0.05) is 6.58 Å². The zero-order valence-electron chi connectivity index (χ0n) is 5.06. The summed E-state index contributed by atoms with van der Waals surface area (Å²) in [6.45, 7) is 4.48. The van der Waals surface area contributed by atoms with Crippen LogP contribution >= 0.6 is 0 Å². The van der Waals surface area contributed by atoms with Crippen LogP contribution in [0.4, 0.5) is 0 Å². The van der Waals surface area contributed by atoms with Gasteiger partial charge in [-0.05, 0) is 0 Å². The van der Waals surface area contributed by atoms with E-state index in [0.29, 0.717) is 0 Å². The van der Waals surface area contributed by atoms with Crippen LogP contribution in [0.1, 0.15) is 6.92 Å². The van der Waals surface area contributed by atoms with Gasteiger partial charge < -0.3 is 29.6 Å². The average molecular weight is 197 g/mol. The molecule has 2 nitrogen and oxygen atoms in total. The van der Waals surface area contributed by atoms with Gasteiger partial charge in [0.1, 0.15) is 0 Å². The van der Waals surface area contributed by atoms with E-state index in [4.69, 9.17) is 0 Å². The van der Waals surface area contributed by atoms with Crippen molar-refractivity contribution in [1.29, 1.82) is 0 Å². The topological polar surface area (TPSA) is 26.3 Å². The zero-order chi connectivity index (χ0) is 4.99. The maximum Gasteiger partial charge on any atom is 2.00 e. The fraction of sp³-hybridized carbons (Fsp3) is 0.250. The Kier molecular flexibility index (Phi) is 40.0. The maximum absolute atomic E-state index is 9.75. The van der Waals surface area contributed by atoms with E-state index in [9.17, 15) is 4.79 Å². The van der Waals surface area contributed by atoms with Gasteiger partial charge in [0.05, 0.1) is 6.26 Å². The van der Waals surface area contributed by atoms with Gasteiger partial charge in [-0.2, -0.15) is 0 Å². The number of hydrogen-bond acceptors (Lipinski definition) is 2. The molecule has 0 aliphatic heterocycles. The van der Waals surface area contributed by atoms with E-state index in [-0.39, 0.29) is 68.5 Å². The molecular formula is C4H6CaCl2O2. The van der Waals surface area contributed by atoms with E-state index in [1.165, 1.54) is 6.92 Å². The summed E-state index contributed by atoms with van der Waals surface area (Å²) < 4.78 is 4.17. The molecule has 0 aromatic carbocycles. The number of esters is 1. The van der Waals surface area contributed by atoms with Crippen LogP contribution in [0, 0.1) is 0 Å². The van der Waals surface area contributed by atoms with E-state index in [1.54, 1.807) is 0 Å². The van der Waals surface area contributed by atoms with Crippen molar-refractivity contribution in [2.24, 2.45) is 0 Å². The van der Waals surface area contributed by atoms with Crippen LogP contribution in [-0.4, -0.2) is 43.7 Å². The summed E-state index contributed by atoms with van der Waals surface area (Å²) in [4.78, 5) is 9.75. The molecule has 0 aromatic heterocycles. The number of carbonyl (C=O) groups excluding carboxylic acids is 1. The summed E-state index contributed by atoms with van der Waals surface area (Å²) in [5.74, 6) is -0.329. The molecule has 0 unspecified atom stereocenters. The molecule has 0 fully saturated rings. The Morgan fingerprint density at radius 1 is 1.56 bits per heavy atom. The fourth-order valence-corrected chi connectivity index (χ4v) is 0.117. The van der Waals surface area contributed by atoms with Gasteiger partial charge in [0.25, 0.3) is 0 Å². The number of hydrogen-bond donors (Lipinski definition) is 0. The minimum absolute atomic E-state index is 0. The number of ether oxygens (including phenoxy) is 1. The predicted molar refractivity (Wildman–Crippen MR) is 27.7 cm³/mol. The Balaban J connectivity index is -0.0000000417. The first-order valence-electron chi connectivity index (χ1n) is 1.55. The predicted octanol–water partition coefficient (Wildman–Crippen LogP) is -5.68. The van der Waals surface area contributed by atoms with Crippen molar-refractivity contribution in [2.75, 3.05) is 0 Å². The fourth-order valence-electron chi connectivity index (χ4n) is 0.117. The van der Waals surface area contributed by atoms with Crippen molar-refractivity contribution in [3.63, 3.8) is 0 Å².